The van der Waals surface area contributed by atoms with Gasteiger partial charge in [0.25, 0.3) is 0 Å². The fourth-order valence-corrected chi connectivity index (χ4v) is 2.64. The van der Waals surface area contributed by atoms with Crippen LogP contribution < -0.4 is 16.0 Å². The summed E-state index contributed by atoms with van der Waals surface area (Å²) >= 11 is 0. The van der Waals surface area contributed by atoms with Gasteiger partial charge in [0, 0.05) is 31.9 Å². The van der Waals surface area contributed by atoms with E-state index in [2.05, 4.69) is 16.0 Å². The topological polar surface area (TPSA) is 73.5 Å². The summed E-state index contributed by atoms with van der Waals surface area (Å²) in [5.41, 5.74) is 2.16. The molecular weight excluding hydrogens is 323 g/mol. The van der Waals surface area contributed by atoms with Crippen LogP contribution in [0.5, 0.6) is 0 Å². The minimum atomic E-state index is -0.386. The highest BCUT2D eigenvalue weighted by molar-refractivity contribution is 5.90. The van der Waals surface area contributed by atoms with Crippen LogP contribution in [-0.2, 0) is 13.1 Å². The molecule has 0 saturated carbocycles. The van der Waals surface area contributed by atoms with E-state index in [0.29, 0.717) is 30.9 Å². The third kappa shape index (κ3) is 4.47. The predicted molar refractivity (Wildman–Crippen MR) is 92.5 cm³/mol. The molecule has 1 aliphatic rings. The molecule has 0 bridgehead atoms. The Labute approximate surface area is 145 Å². The number of rotatable bonds is 5. The standard InChI is InChI=1S/C18H19FN4O2/c19-15-6-3-4-13(10-15)11-21-17(24)22-16-7-2-1-5-14(16)12-23-9-8-20-18(23)25/h1-7,10H,8-9,11-12H2,(H,20,25)(H2,21,22,24). The number of nitrogens with zero attached hydrogens (tertiary/aromatic N) is 1. The predicted octanol–water partition coefficient (Wildman–Crippen LogP) is 2.67. The van der Waals surface area contributed by atoms with Gasteiger partial charge in [0.1, 0.15) is 5.82 Å². The summed E-state index contributed by atoms with van der Waals surface area (Å²) < 4.78 is 13.2. The van der Waals surface area contributed by atoms with Crippen molar-refractivity contribution in [2.24, 2.45) is 0 Å². The van der Waals surface area contributed by atoms with Crippen LogP contribution in [0.4, 0.5) is 19.7 Å². The molecule has 3 N–H and O–H groups in total. The number of para-hydroxylation sites is 1. The number of urea groups is 2. The first kappa shape index (κ1) is 16.8. The lowest BCUT2D eigenvalue weighted by atomic mass is 10.1. The lowest BCUT2D eigenvalue weighted by molar-refractivity contribution is 0.215. The molecule has 7 heteroatoms. The lowest BCUT2D eigenvalue weighted by Gasteiger charge is -2.17. The minimum absolute atomic E-state index is 0.106. The molecule has 0 spiro atoms. The number of anilines is 1. The highest BCUT2D eigenvalue weighted by atomic mass is 19.1. The highest BCUT2D eigenvalue weighted by Gasteiger charge is 2.20. The van der Waals surface area contributed by atoms with Crippen molar-refractivity contribution in [2.45, 2.75) is 13.1 Å². The molecule has 0 radical (unpaired) electrons. The zero-order valence-corrected chi connectivity index (χ0v) is 13.6. The fourth-order valence-electron chi connectivity index (χ4n) is 2.64. The van der Waals surface area contributed by atoms with Gasteiger partial charge in [-0.3, -0.25) is 0 Å². The molecule has 0 aliphatic carbocycles. The van der Waals surface area contributed by atoms with Crippen molar-refractivity contribution in [3.8, 4) is 0 Å². The van der Waals surface area contributed by atoms with Crippen LogP contribution in [0.15, 0.2) is 48.5 Å². The van der Waals surface area contributed by atoms with Gasteiger partial charge in [-0.05, 0) is 29.3 Å². The lowest BCUT2D eigenvalue weighted by Crippen LogP contribution is -2.30. The molecule has 25 heavy (non-hydrogen) atoms. The highest BCUT2D eigenvalue weighted by Crippen LogP contribution is 2.18. The van der Waals surface area contributed by atoms with E-state index >= 15 is 0 Å². The van der Waals surface area contributed by atoms with Crippen molar-refractivity contribution in [1.82, 2.24) is 15.5 Å². The van der Waals surface area contributed by atoms with E-state index in [4.69, 9.17) is 0 Å². The Morgan fingerprint density at radius 3 is 2.80 bits per heavy atom. The first-order chi connectivity index (χ1) is 12.1. The number of carbonyl (C=O) groups is 2. The Balaban J connectivity index is 1.60. The van der Waals surface area contributed by atoms with Crippen molar-refractivity contribution in [2.75, 3.05) is 18.4 Å². The number of halogens is 1. The molecule has 130 valence electrons. The summed E-state index contributed by atoms with van der Waals surface area (Å²) in [6, 6.07) is 12.9. The Kier molecular flexibility index (Phi) is 5.13. The first-order valence-corrected chi connectivity index (χ1v) is 8.02. The minimum Gasteiger partial charge on any atom is -0.336 e. The van der Waals surface area contributed by atoms with Gasteiger partial charge < -0.3 is 20.9 Å². The molecule has 6 nitrogen and oxygen atoms in total. The molecular formula is C18H19FN4O2. The molecule has 0 unspecified atom stereocenters. The molecule has 0 atom stereocenters. The second kappa shape index (κ2) is 7.65. The summed E-state index contributed by atoms with van der Waals surface area (Å²) in [6.45, 7) is 1.91. The SMILES string of the molecule is O=C(NCc1cccc(F)c1)Nc1ccccc1CN1CCNC1=O. The zero-order chi connectivity index (χ0) is 17.6. The average Bonchev–Trinajstić information content (AvgIpc) is 3.00. The maximum absolute atomic E-state index is 13.2. The van der Waals surface area contributed by atoms with Gasteiger partial charge in [-0.2, -0.15) is 0 Å². The van der Waals surface area contributed by atoms with Crippen molar-refractivity contribution in [3.05, 3.63) is 65.5 Å². The van der Waals surface area contributed by atoms with Gasteiger partial charge in [-0.25, -0.2) is 14.0 Å². The van der Waals surface area contributed by atoms with E-state index in [9.17, 15) is 14.0 Å². The van der Waals surface area contributed by atoms with Crippen LogP contribution >= 0.6 is 0 Å². The van der Waals surface area contributed by atoms with E-state index < -0.39 is 0 Å². The van der Waals surface area contributed by atoms with E-state index in [1.165, 1.54) is 12.1 Å². The van der Waals surface area contributed by atoms with E-state index in [0.717, 1.165) is 5.56 Å². The van der Waals surface area contributed by atoms with Crippen LogP contribution in [-0.4, -0.2) is 30.1 Å². The van der Waals surface area contributed by atoms with Gasteiger partial charge >= 0.3 is 12.1 Å². The number of carbonyl (C=O) groups excluding carboxylic acids is 2. The number of benzene rings is 2. The van der Waals surface area contributed by atoms with E-state index in [1.807, 2.05) is 18.2 Å². The maximum Gasteiger partial charge on any atom is 0.319 e. The molecule has 1 saturated heterocycles. The first-order valence-electron chi connectivity index (χ1n) is 8.02. The zero-order valence-electron chi connectivity index (χ0n) is 13.6. The molecule has 3 rings (SSSR count). The van der Waals surface area contributed by atoms with Crippen LogP contribution in [0.3, 0.4) is 0 Å². The van der Waals surface area contributed by atoms with Crippen LogP contribution in [0.2, 0.25) is 0 Å². The fraction of sp³-hybridized carbons (Fsp3) is 0.222. The molecule has 1 aliphatic heterocycles. The summed E-state index contributed by atoms with van der Waals surface area (Å²) in [4.78, 5) is 25.5. The molecule has 1 heterocycles. The second-order valence-corrected chi connectivity index (χ2v) is 5.75. The van der Waals surface area contributed by atoms with E-state index in [-0.39, 0.29) is 24.4 Å². The second-order valence-electron chi connectivity index (χ2n) is 5.75. The van der Waals surface area contributed by atoms with Gasteiger partial charge in [-0.1, -0.05) is 30.3 Å². The monoisotopic (exact) mass is 342 g/mol. The van der Waals surface area contributed by atoms with Crippen LogP contribution in [0.25, 0.3) is 0 Å². The molecule has 0 aromatic heterocycles. The Hall–Kier alpha value is -3.09. The number of nitrogens with one attached hydrogen (secondary N) is 3. The smallest absolute Gasteiger partial charge is 0.319 e. The Morgan fingerprint density at radius 2 is 2.04 bits per heavy atom. The Bertz CT molecular complexity index is 781. The van der Waals surface area contributed by atoms with Crippen LogP contribution in [0.1, 0.15) is 11.1 Å². The van der Waals surface area contributed by atoms with Crippen molar-refractivity contribution in [3.63, 3.8) is 0 Å². The Morgan fingerprint density at radius 1 is 1.20 bits per heavy atom. The van der Waals surface area contributed by atoms with Gasteiger partial charge in [0.05, 0.1) is 0 Å². The molecule has 1 fully saturated rings. The third-order valence-electron chi connectivity index (χ3n) is 3.91. The van der Waals surface area contributed by atoms with Gasteiger partial charge in [0.2, 0.25) is 0 Å². The molecule has 4 amide bonds. The van der Waals surface area contributed by atoms with Crippen LogP contribution in [0, 0.1) is 5.82 Å². The summed E-state index contributed by atoms with van der Waals surface area (Å²) in [5, 5.41) is 8.23. The van der Waals surface area contributed by atoms with Crippen molar-refractivity contribution in [1.29, 1.82) is 0 Å². The third-order valence-corrected chi connectivity index (χ3v) is 3.91. The summed E-state index contributed by atoms with van der Waals surface area (Å²) in [5.74, 6) is -0.339. The molecule has 2 aromatic carbocycles. The number of hydrogen-bond acceptors (Lipinski definition) is 2. The summed E-state index contributed by atoms with van der Waals surface area (Å²) in [6.07, 6.45) is 0. The molecule has 2 aromatic rings. The van der Waals surface area contributed by atoms with Crippen molar-refractivity contribution < 1.29 is 14.0 Å². The number of amides is 4. The quantitative estimate of drug-likeness (QED) is 0.782. The van der Waals surface area contributed by atoms with E-state index in [1.54, 1.807) is 23.1 Å². The van der Waals surface area contributed by atoms with Crippen molar-refractivity contribution >= 4 is 17.7 Å². The maximum atomic E-state index is 13.2. The van der Waals surface area contributed by atoms with Gasteiger partial charge in [-0.15, -0.1) is 0 Å². The number of hydrogen-bond donors (Lipinski definition) is 3. The average molecular weight is 342 g/mol. The van der Waals surface area contributed by atoms with Gasteiger partial charge in [0.15, 0.2) is 0 Å². The summed E-state index contributed by atoms with van der Waals surface area (Å²) in [7, 11) is 0. The normalized spacial score (nSPS) is 13.5. The largest absolute Gasteiger partial charge is 0.336 e.